The van der Waals surface area contributed by atoms with Gasteiger partial charge in [0.2, 0.25) is 0 Å². The Kier molecular flexibility index (Phi) is 2.85. The fraction of sp³-hybridized carbons (Fsp3) is 0.333. The second-order valence-electron chi connectivity index (χ2n) is 2.51. The largest absolute Gasteiger partial charge is 0.387 e. The number of hydrogen-bond donors (Lipinski definition) is 1. The van der Waals surface area contributed by atoms with Gasteiger partial charge in [-0.2, -0.15) is 0 Å². The molecule has 2 heteroatoms. The van der Waals surface area contributed by atoms with Crippen LogP contribution in [0.2, 0.25) is 0 Å². The molecule has 60 valence electrons. The van der Waals surface area contributed by atoms with Crippen molar-refractivity contribution in [3.63, 3.8) is 0 Å². The molecule has 1 heterocycles. The van der Waals surface area contributed by atoms with Crippen LogP contribution >= 0.6 is 11.3 Å². The van der Waals surface area contributed by atoms with Gasteiger partial charge in [-0.25, -0.2) is 0 Å². The van der Waals surface area contributed by atoms with Gasteiger partial charge in [0, 0.05) is 4.88 Å². The van der Waals surface area contributed by atoms with Gasteiger partial charge < -0.3 is 5.11 Å². The van der Waals surface area contributed by atoms with Gasteiger partial charge in [0.05, 0.1) is 6.10 Å². The van der Waals surface area contributed by atoms with Crippen LogP contribution in [0.3, 0.4) is 0 Å². The number of aryl methyl sites for hydroxylation is 1. The highest BCUT2D eigenvalue weighted by atomic mass is 32.1. The zero-order chi connectivity index (χ0) is 8.27. The smallest absolute Gasteiger partial charge is 0.0918 e. The average Bonchev–Trinajstić information content (AvgIpc) is 2.36. The van der Waals surface area contributed by atoms with E-state index in [2.05, 4.69) is 6.58 Å². The Labute approximate surface area is 71.0 Å². The summed E-state index contributed by atoms with van der Waals surface area (Å²) < 4.78 is 0. The minimum atomic E-state index is -0.354. The Morgan fingerprint density at radius 3 is 3.00 bits per heavy atom. The summed E-state index contributed by atoms with van der Waals surface area (Å²) in [5.74, 6) is 0. The first-order valence-corrected chi connectivity index (χ1v) is 4.46. The molecule has 0 bridgehead atoms. The summed E-state index contributed by atoms with van der Waals surface area (Å²) in [6, 6.07) is 2.02. The fourth-order valence-electron chi connectivity index (χ4n) is 0.991. The predicted molar refractivity (Wildman–Crippen MR) is 48.8 cm³/mol. The fourth-order valence-corrected chi connectivity index (χ4v) is 1.92. The molecule has 0 saturated carbocycles. The van der Waals surface area contributed by atoms with Crippen LogP contribution in [0.5, 0.6) is 0 Å². The van der Waals surface area contributed by atoms with Gasteiger partial charge >= 0.3 is 0 Å². The second-order valence-corrected chi connectivity index (χ2v) is 3.46. The summed E-state index contributed by atoms with van der Waals surface area (Å²) in [7, 11) is 0. The molecule has 0 amide bonds. The van der Waals surface area contributed by atoms with Crippen LogP contribution in [0.25, 0.3) is 0 Å². The molecule has 1 aromatic rings. The summed E-state index contributed by atoms with van der Waals surface area (Å²) in [5, 5.41) is 11.5. The molecule has 1 unspecified atom stereocenters. The van der Waals surface area contributed by atoms with Crippen LogP contribution in [0.4, 0.5) is 0 Å². The SMILES string of the molecule is C=CCC(O)c1sccc1C. The predicted octanol–water partition coefficient (Wildman–Crippen LogP) is 2.67. The third kappa shape index (κ3) is 1.91. The normalized spacial score (nSPS) is 12.9. The summed E-state index contributed by atoms with van der Waals surface area (Å²) >= 11 is 1.60. The Morgan fingerprint density at radius 1 is 1.82 bits per heavy atom. The Balaban J connectivity index is 2.74. The highest BCUT2D eigenvalue weighted by molar-refractivity contribution is 7.10. The molecule has 0 aliphatic heterocycles. The maximum Gasteiger partial charge on any atom is 0.0918 e. The van der Waals surface area contributed by atoms with Gasteiger partial charge in [0.1, 0.15) is 0 Å². The molecule has 0 aromatic carbocycles. The molecule has 0 aliphatic rings. The maximum absolute atomic E-state index is 9.53. The minimum Gasteiger partial charge on any atom is -0.387 e. The van der Waals surface area contributed by atoms with Crippen molar-refractivity contribution in [2.24, 2.45) is 0 Å². The summed E-state index contributed by atoms with van der Waals surface area (Å²) in [5.41, 5.74) is 1.17. The zero-order valence-corrected chi connectivity index (χ0v) is 7.40. The summed E-state index contributed by atoms with van der Waals surface area (Å²) in [4.78, 5) is 1.06. The zero-order valence-electron chi connectivity index (χ0n) is 6.58. The monoisotopic (exact) mass is 168 g/mol. The molecule has 0 aliphatic carbocycles. The van der Waals surface area contributed by atoms with Crippen molar-refractivity contribution in [2.45, 2.75) is 19.4 Å². The topological polar surface area (TPSA) is 20.2 Å². The molecular formula is C9H12OS. The molecule has 1 rings (SSSR count). The molecular weight excluding hydrogens is 156 g/mol. The van der Waals surface area contributed by atoms with Crippen molar-refractivity contribution < 1.29 is 5.11 Å². The quantitative estimate of drug-likeness (QED) is 0.688. The molecule has 0 saturated heterocycles. The van der Waals surface area contributed by atoms with Gasteiger partial charge in [-0.15, -0.1) is 17.9 Å². The van der Waals surface area contributed by atoms with Crippen molar-refractivity contribution >= 4 is 11.3 Å². The third-order valence-corrected chi connectivity index (χ3v) is 2.71. The van der Waals surface area contributed by atoms with E-state index in [0.717, 1.165) is 4.88 Å². The van der Waals surface area contributed by atoms with Crippen molar-refractivity contribution in [2.75, 3.05) is 0 Å². The lowest BCUT2D eigenvalue weighted by Gasteiger charge is -2.05. The molecule has 0 fully saturated rings. The Morgan fingerprint density at radius 2 is 2.55 bits per heavy atom. The van der Waals surface area contributed by atoms with Gasteiger partial charge in [-0.05, 0) is 30.4 Å². The van der Waals surface area contributed by atoms with Gasteiger partial charge in [0.25, 0.3) is 0 Å². The molecule has 0 radical (unpaired) electrons. The lowest BCUT2D eigenvalue weighted by molar-refractivity contribution is 0.185. The number of thiophene rings is 1. The molecule has 11 heavy (non-hydrogen) atoms. The first-order valence-electron chi connectivity index (χ1n) is 3.58. The van der Waals surface area contributed by atoms with E-state index in [-0.39, 0.29) is 6.10 Å². The van der Waals surface area contributed by atoms with Gasteiger partial charge in [-0.3, -0.25) is 0 Å². The van der Waals surface area contributed by atoms with E-state index in [9.17, 15) is 5.11 Å². The first kappa shape index (κ1) is 8.50. The first-order chi connectivity index (χ1) is 5.25. The number of aliphatic hydroxyl groups is 1. The number of aliphatic hydroxyl groups excluding tert-OH is 1. The van der Waals surface area contributed by atoms with Crippen LogP contribution in [0, 0.1) is 6.92 Å². The molecule has 1 atom stereocenters. The van der Waals surface area contributed by atoms with Crippen molar-refractivity contribution in [3.05, 3.63) is 34.5 Å². The van der Waals surface area contributed by atoms with Crippen LogP contribution < -0.4 is 0 Å². The van der Waals surface area contributed by atoms with E-state index in [0.29, 0.717) is 6.42 Å². The van der Waals surface area contributed by atoms with E-state index >= 15 is 0 Å². The van der Waals surface area contributed by atoms with Crippen LogP contribution in [-0.2, 0) is 0 Å². The molecule has 1 aromatic heterocycles. The standard InChI is InChI=1S/C9H12OS/c1-3-4-8(10)9-7(2)5-6-11-9/h3,5-6,8,10H,1,4H2,2H3. The Hall–Kier alpha value is -0.600. The number of rotatable bonds is 3. The van der Waals surface area contributed by atoms with E-state index in [1.165, 1.54) is 5.56 Å². The van der Waals surface area contributed by atoms with Crippen molar-refractivity contribution in [1.29, 1.82) is 0 Å². The number of hydrogen-bond acceptors (Lipinski definition) is 2. The van der Waals surface area contributed by atoms with Crippen LogP contribution in [0.1, 0.15) is 23.0 Å². The van der Waals surface area contributed by atoms with E-state index in [1.807, 2.05) is 18.4 Å². The molecule has 1 N–H and O–H groups in total. The van der Waals surface area contributed by atoms with E-state index in [4.69, 9.17) is 0 Å². The summed E-state index contributed by atoms with van der Waals surface area (Å²) in [6.07, 6.45) is 2.03. The van der Waals surface area contributed by atoms with E-state index < -0.39 is 0 Å². The molecule has 0 spiro atoms. The lowest BCUT2D eigenvalue weighted by Crippen LogP contribution is -1.93. The third-order valence-electron chi connectivity index (χ3n) is 1.59. The highest BCUT2D eigenvalue weighted by Gasteiger charge is 2.08. The summed E-state index contributed by atoms with van der Waals surface area (Å²) in [6.45, 7) is 5.60. The van der Waals surface area contributed by atoms with Gasteiger partial charge in [0.15, 0.2) is 0 Å². The van der Waals surface area contributed by atoms with Crippen molar-refractivity contribution in [1.82, 2.24) is 0 Å². The highest BCUT2D eigenvalue weighted by Crippen LogP contribution is 2.25. The Bertz CT molecular complexity index is 239. The average molecular weight is 168 g/mol. The minimum absolute atomic E-state index is 0.354. The van der Waals surface area contributed by atoms with Crippen molar-refractivity contribution in [3.8, 4) is 0 Å². The molecule has 1 nitrogen and oxygen atoms in total. The second kappa shape index (κ2) is 3.69. The van der Waals surface area contributed by atoms with E-state index in [1.54, 1.807) is 17.4 Å². The van der Waals surface area contributed by atoms with Crippen LogP contribution in [-0.4, -0.2) is 5.11 Å². The van der Waals surface area contributed by atoms with Gasteiger partial charge in [-0.1, -0.05) is 6.08 Å². The lowest BCUT2D eigenvalue weighted by atomic mass is 10.1. The van der Waals surface area contributed by atoms with Crippen LogP contribution in [0.15, 0.2) is 24.1 Å². The maximum atomic E-state index is 9.53.